The third-order valence-corrected chi connectivity index (χ3v) is 3.86. The first-order chi connectivity index (χ1) is 12.2. The summed E-state index contributed by atoms with van der Waals surface area (Å²) in [6.07, 6.45) is 1.62. The van der Waals surface area contributed by atoms with Crippen molar-refractivity contribution in [2.45, 2.75) is 13.5 Å². The van der Waals surface area contributed by atoms with Crippen LogP contribution in [0.4, 0.5) is 0 Å². The Morgan fingerprint density at radius 2 is 2.00 bits per heavy atom. The average molecular weight is 338 g/mol. The number of hydrogen-bond donors (Lipinski definition) is 0. The van der Waals surface area contributed by atoms with Crippen LogP contribution in [0.15, 0.2) is 53.5 Å². The van der Waals surface area contributed by atoms with Gasteiger partial charge in [0.05, 0.1) is 20.3 Å². The molecule has 128 valence electrons. The highest BCUT2D eigenvalue weighted by Gasteiger charge is 2.18. The van der Waals surface area contributed by atoms with Gasteiger partial charge in [0.1, 0.15) is 17.0 Å². The number of methoxy groups -OCH3 is 1. The Hall–Kier alpha value is -3.15. The number of nitrogens with zero attached hydrogens (tertiary/aromatic N) is 2. The van der Waals surface area contributed by atoms with Gasteiger partial charge in [0.2, 0.25) is 0 Å². The second-order valence-electron chi connectivity index (χ2n) is 5.40. The Kier molecular flexibility index (Phi) is 4.79. The number of ether oxygens (including phenoxy) is 2. The van der Waals surface area contributed by atoms with Gasteiger partial charge in [-0.15, -0.1) is 0 Å². The zero-order valence-electron chi connectivity index (χ0n) is 14.1. The molecule has 3 rings (SSSR count). The zero-order valence-corrected chi connectivity index (χ0v) is 14.1. The molecule has 0 atom stereocenters. The molecule has 0 N–H and O–H groups in total. The van der Waals surface area contributed by atoms with E-state index in [1.165, 1.54) is 10.6 Å². The van der Waals surface area contributed by atoms with E-state index in [9.17, 15) is 9.59 Å². The lowest BCUT2D eigenvalue weighted by Gasteiger charge is -2.13. The summed E-state index contributed by atoms with van der Waals surface area (Å²) in [7, 11) is 1.58. The van der Waals surface area contributed by atoms with Crippen molar-refractivity contribution in [3.05, 3.63) is 70.1 Å². The fourth-order valence-electron chi connectivity index (χ4n) is 2.71. The van der Waals surface area contributed by atoms with Crippen LogP contribution >= 0.6 is 0 Å². The Morgan fingerprint density at radius 1 is 1.20 bits per heavy atom. The van der Waals surface area contributed by atoms with E-state index in [-0.39, 0.29) is 18.7 Å². The van der Waals surface area contributed by atoms with Crippen LogP contribution < -0.4 is 10.3 Å². The maximum atomic E-state index is 12.9. The molecule has 0 saturated carbocycles. The number of benzene rings is 1. The first-order valence-electron chi connectivity index (χ1n) is 7.93. The first kappa shape index (κ1) is 16.7. The summed E-state index contributed by atoms with van der Waals surface area (Å²) >= 11 is 0. The largest absolute Gasteiger partial charge is 0.496 e. The summed E-state index contributed by atoms with van der Waals surface area (Å²) < 4.78 is 11.8. The van der Waals surface area contributed by atoms with Crippen molar-refractivity contribution in [3.63, 3.8) is 0 Å². The van der Waals surface area contributed by atoms with E-state index in [1.807, 2.05) is 30.3 Å². The lowest BCUT2D eigenvalue weighted by Crippen LogP contribution is -2.28. The summed E-state index contributed by atoms with van der Waals surface area (Å²) in [4.78, 5) is 29.4. The van der Waals surface area contributed by atoms with Gasteiger partial charge in [-0.3, -0.25) is 9.36 Å². The molecule has 2 aromatic heterocycles. The van der Waals surface area contributed by atoms with Crippen LogP contribution in [0, 0.1) is 0 Å². The third-order valence-electron chi connectivity index (χ3n) is 3.86. The van der Waals surface area contributed by atoms with E-state index in [4.69, 9.17) is 9.47 Å². The second kappa shape index (κ2) is 7.17. The molecule has 0 amide bonds. The smallest absolute Gasteiger partial charge is 0.343 e. The van der Waals surface area contributed by atoms with E-state index >= 15 is 0 Å². The number of fused-ring (bicyclic) bond motifs is 1. The molecule has 0 bridgehead atoms. The van der Waals surface area contributed by atoms with Gasteiger partial charge >= 0.3 is 5.97 Å². The number of rotatable bonds is 5. The van der Waals surface area contributed by atoms with Gasteiger partial charge in [-0.25, -0.2) is 9.78 Å². The molecule has 3 aromatic rings. The Labute approximate surface area is 144 Å². The molecular weight excluding hydrogens is 320 g/mol. The predicted molar refractivity (Wildman–Crippen MR) is 94.1 cm³/mol. The molecule has 0 aliphatic heterocycles. The highest BCUT2D eigenvalue weighted by molar-refractivity contribution is 5.93. The molecule has 0 unspecified atom stereocenters. The number of aromatic nitrogens is 2. The minimum absolute atomic E-state index is 0.00255. The quantitative estimate of drug-likeness (QED) is 0.669. The number of esters is 1. The average Bonchev–Trinajstić information content (AvgIpc) is 2.64. The summed E-state index contributed by atoms with van der Waals surface area (Å²) in [5.41, 5.74) is 0.888. The maximum Gasteiger partial charge on any atom is 0.343 e. The Balaban J connectivity index is 2.20. The number of carbonyl (C=O) groups is 1. The van der Waals surface area contributed by atoms with Crippen LogP contribution in [0.2, 0.25) is 0 Å². The van der Waals surface area contributed by atoms with Crippen molar-refractivity contribution >= 4 is 17.0 Å². The monoisotopic (exact) mass is 338 g/mol. The van der Waals surface area contributed by atoms with Gasteiger partial charge in [-0.2, -0.15) is 0 Å². The SMILES string of the molecule is CCOC(=O)c1cc2cccnc2n(Cc2ccccc2OC)c1=O. The van der Waals surface area contributed by atoms with Gasteiger partial charge in [-0.1, -0.05) is 18.2 Å². The van der Waals surface area contributed by atoms with Crippen LogP contribution in [-0.2, 0) is 11.3 Å². The minimum Gasteiger partial charge on any atom is -0.496 e. The van der Waals surface area contributed by atoms with Crippen molar-refractivity contribution in [1.29, 1.82) is 0 Å². The fraction of sp³-hybridized carbons (Fsp3) is 0.211. The summed E-state index contributed by atoms with van der Waals surface area (Å²) in [6, 6.07) is 12.5. The molecule has 0 spiro atoms. The fourth-order valence-corrected chi connectivity index (χ4v) is 2.71. The van der Waals surface area contributed by atoms with Gasteiger partial charge in [0, 0.05) is 17.1 Å². The summed E-state index contributed by atoms with van der Waals surface area (Å²) in [5.74, 6) is 0.0343. The van der Waals surface area contributed by atoms with E-state index < -0.39 is 11.5 Å². The number of pyridine rings is 2. The van der Waals surface area contributed by atoms with E-state index in [0.717, 1.165) is 5.56 Å². The molecule has 1 aromatic carbocycles. The van der Waals surface area contributed by atoms with Crippen molar-refractivity contribution in [2.24, 2.45) is 0 Å². The third kappa shape index (κ3) is 3.24. The number of para-hydroxylation sites is 1. The molecule has 0 fully saturated rings. The van der Waals surface area contributed by atoms with Gasteiger partial charge in [0.15, 0.2) is 0 Å². The van der Waals surface area contributed by atoms with Crippen LogP contribution in [-0.4, -0.2) is 29.2 Å². The Morgan fingerprint density at radius 3 is 2.76 bits per heavy atom. The minimum atomic E-state index is -0.632. The number of hydrogen-bond acceptors (Lipinski definition) is 5. The molecule has 6 nitrogen and oxygen atoms in total. The molecular formula is C19H18N2O4. The van der Waals surface area contributed by atoms with Crippen molar-refractivity contribution in [1.82, 2.24) is 9.55 Å². The van der Waals surface area contributed by atoms with Crippen molar-refractivity contribution in [3.8, 4) is 5.75 Å². The molecule has 2 heterocycles. The lowest BCUT2D eigenvalue weighted by molar-refractivity contribution is 0.0524. The summed E-state index contributed by atoms with van der Waals surface area (Å²) in [5, 5.41) is 0.694. The maximum absolute atomic E-state index is 12.9. The normalized spacial score (nSPS) is 10.6. The van der Waals surface area contributed by atoms with Crippen LogP contribution in [0.3, 0.4) is 0 Å². The molecule has 0 radical (unpaired) electrons. The molecule has 0 aliphatic rings. The molecule has 25 heavy (non-hydrogen) atoms. The Bertz CT molecular complexity index is 979. The lowest BCUT2D eigenvalue weighted by atomic mass is 10.1. The highest BCUT2D eigenvalue weighted by Crippen LogP contribution is 2.20. The molecule has 0 saturated heterocycles. The van der Waals surface area contributed by atoms with E-state index in [0.29, 0.717) is 16.8 Å². The van der Waals surface area contributed by atoms with Gasteiger partial charge in [-0.05, 0) is 31.2 Å². The van der Waals surface area contributed by atoms with Crippen molar-refractivity contribution < 1.29 is 14.3 Å². The first-order valence-corrected chi connectivity index (χ1v) is 7.93. The van der Waals surface area contributed by atoms with E-state index in [2.05, 4.69) is 4.98 Å². The standard InChI is InChI=1S/C19H18N2O4/c1-3-25-19(23)15-11-13-8-6-10-20-17(13)21(18(15)22)12-14-7-4-5-9-16(14)24-2/h4-11H,3,12H2,1-2H3. The zero-order chi connectivity index (χ0) is 17.8. The van der Waals surface area contributed by atoms with Crippen molar-refractivity contribution in [2.75, 3.05) is 13.7 Å². The van der Waals surface area contributed by atoms with Gasteiger partial charge in [0.25, 0.3) is 5.56 Å². The van der Waals surface area contributed by atoms with Gasteiger partial charge < -0.3 is 9.47 Å². The molecule has 6 heteroatoms. The number of carbonyl (C=O) groups excluding carboxylic acids is 1. The van der Waals surface area contributed by atoms with Crippen LogP contribution in [0.25, 0.3) is 11.0 Å². The second-order valence-corrected chi connectivity index (χ2v) is 5.40. The topological polar surface area (TPSA) is 70.4 Å². The predicted octanol–water partition coefficient (Wildman–Crippen LogP) is 2.63. The summed E-state index contributed by atoms with van der Waals surface area (Å²) in [6.45, 7) is 2.15. The van der Waals surface area contributed by atoms with Crippen LogP contribution in [0.5, 0.6) is 5.75 Å². The van der Waals surface area contributed by atoms with E-state index in [1.54, 1.807) is 26.3 Å². The van der Waals surface area contributed by atoms with Crippen LogP contribution in [0.1, 0.15) is 22.8 Å². The highest BCUT2D eigenvalue weighted by atomic mass is 16.5. The molecule has 0 aliphatic carbocycles.